The lowest BCUT2D eigenvalue weighted by molar-refractivity contribution is 0.0918. The lowest BCUT2D eigenvalue weighted by Gasteiger charge is -2.09. The van der Waals surface area contributed by atoms with Crippen LogP contribution in [0.2, 0.25) is 5.02 Å². The van der Waals surface area contributed by atoms with E-state index in [0.29, 0.717) is 16.5 Å². The molecule has 5 heteroatoms. The fourth-order valence-corrected chi connectivity index (χ4v) is 1.86. The second-order valence-corrected chi connectivity index (χ2v) is 4.45. The van der Waals surface area contributed by atoms with Crippen molar-refractivity contribution in [2.24, 2.45) is 0 Å². The maximum atomic E-state index is 13.2. The molecule has 20 heavy (non-hydrogen) atoms. The normalized spacial score (nSPS) is 10.2. The summed E-state index contributed by atoms with van der Waals surface area (Å²) in [5.74, 6) is -0.0921. The van der Waals surface area contributed by atoms with E-state index in [1.165, 1.54) is 19.2 Å². The molecule has 0 saturated carbocycles. The third-order valence-electron chi connectivity index (χ3n) is 2.63. The smallest absolute Gasteiger partial charge is 0.204 e. The zero-order chi connectivity index (χ0) is 14.5. The molecule has 0 fully saturated rings. The maximum absolute atomic E-state index is 13.2. The van der Waals surface area contributed by atoms with Crippen LogP contribution in [-0.4, -0.2) is 19.5 Å². The van der Waals surface area contributed by atoms with Gasteiger partial charge in [-0.3, -0.25) is 4.79 Å². The molecule has 0 unspecified atom stereocenters. The Labute approximate surface area is 120 Å². The molecule has 0 spiro atoms. The average Bonchev–Trinajstić information content (AvgIpc) is 2.45. The largest absolute Gasteiger partial charge is 0.496 e. The summed E-state index contributed by atoms with van der Waals surface area (Å²) in [5, 5.41) is 0.512. The highest BCUT2D eigenvalue weighted by Crippen LogP contribution is 2.21. The molecule has 0 atom stereocenters. The highest BCUT2D eigenvalue weighted by atomic mass is 35.5. The Hall–Kier alpha value is -2.07. The summed E-state index contributed by atoms with van der Waals surface area (Å²) in [6.45, 7) is -0.222. The van der Waals surface area contributed by atoms with Gasteiger partial charge in [-0.2, -0.15) is 0 Å². The predicted molar refractivity (Wildman–Crippen MR) is 74.2 cm³/mol. The van der Waals surface area contributed by atoms with Gasteiger partial charge in [0.05, 0.1) is 12.7 Å². The third kappa shape index (κ3) is 3.48. The fraction of sp³-hybridized carbons (Fsp3) is 0.133. The van der Waals surface area contributed by atoms with E-state index >= 15 is 0 Å². The molecule has 0 radical (unpaired) electrons. The van der Waals surface area contributed by atoms with Crippen molar-refractivity contribution in [2.45, 2.75) is 0 Å². The van der Waals surface area contributed by atoms with Crippen molar-refractivity contribution in [2.75, 3.05) is 13.7 Å². The molecule has 2 rings (SSSR count). The summed E-state index contributed by atoms with van der Waals surface area (Å²) >= 11 is 5.81. The quantitative estimate of drug-likeness (QED) is 0.788. The van der Waals surface area contributed by atoms with Gasteiger partial charge in [-0.1, -0.05) is 17.7 Å². The lowest BCUT2D eigenvalue weighted by atomic mass is 10.1. The van der Waals surface area contributed by atoms with Gasteiger partial charge >= 0.3 is 0 Å². The van der Waals surface area contributed by atoms with Gasteiger partial charge in [0, 0.05) is 5.02 Å². The molecule has 0 aliphatic rings. The third-order valence-corrected chi connectivity index (χ3v) is 2.86. The highest BCUT2D eigenvalue weighted by Gasteiger charge is 2.14. The van der Waals surface area contributed by atoms with Gasteiger partial charge in [0.1, 0.15) is 17.3 Å². The van der Waals surface area contributed by atoms with Crippen LogP contribution in [0.5, 0.6) is 11.5 Å². The Morgan fingerprint density at radius 1 is 1.25 bits per heavy atom. The Balaban J connectivity index is 2.10. The van der Waals surface area contributed by atoms with Crippen LogP contribution in [0.4, 0.5) is 4.39 Å². The minimum absolute atomic E-state index is 0.148. The van der Waals surface area contributed by atoms with Crippen LogP contribution in [0.1, 0.15) is 10.4 Å². The van der Waals surface area contributed by atoms with Crippen LogP contribution >= 0.6 is 11.6 Å². The summed E-state index contributed by atoms with van der Waals surface area (Å²) < 4.78 is 23.6. The van der Waals surface area contributed by atoms with E-state index in [4.69, 9.17) is 21.1 Å². The summed E-state index contributed by atoms with van der Waals surface area (Å²) in [5.41, 5.74) is 0.148. The number of benzene rings is 2. The minimum Gasteiger partial charge on any atom is -0.496 e. The van der Waals surface area contributed by atoms with Gasteiger partial charge in [0.15, 0.2) is 6.61 Å². The van der Waals surface area contributed by atoms with Crippen LogP contribution in [0, 0.1) is 5.82 Å². The lowest BCUT2D eigenvalue weighted by Crippen LogP contribution is -2.13. The minimum atomic E-state index is -0.503. The fourth-order valence-electron chi connectivity index (χ4n) is 1.68. The molecule has 0 aromatic heterocycles. The SMILES string of the molecule is COc1ccc(F)cc1C(=O)COc1cccc(Cl)c1. The second kappa shape index (κ2) is 6.39. The van der Waals surface area contributed by atoms with Crippen LogP contribution in [0.25, 0.3) is 0 Å². The van der Waals surface area contributed by atoms with Gasteiger partial charge in [0.25, 0.3) is 0 Å². The number of halogens is 2. The van der Waals surface area contributed by atoms with Gasteiger partial charge in [0.2, 0.25) is 5.78 Å². The summed E-state index contributed by atoms with van der Waals surface area (Å²) in [6.07, 6.45) is 0. The van der Waals surface area contributed by atoms with E-state index in [1.807, 2.05) is 0 Å². The number of hydrogen-bond donors (Lipinski definition) is 0. The van der Waals surface area contributed by atoms with E-state index in [1.54, 1.807) is 24.3 Å². The molecule has 0 aliphatic carbocycles. The van der Waals surface area contributed by atoms with E-state index < -0.39 is 5.82 Å². The molecule has 0 amide bonds. The summed E-state index contributed by atoms with van der Waals surface area (Å²) in [6, 6.07) is 10.5. The number of hydrogen-bond acceptors (Lipinski definition) is 3. The van der Waals surface area contributed by atoms with Crippen LogP contribution in [-0.2, 0) is 0 Å². The summed E-state index contributed by atoms with van der Waals surface area (Å²) in [7, 11) is 1.42. The van der Waals surface area contributed by atoms with Crippen molar-refractivity contribution in [3.8, 4) is 11.5 Å². The predicted octanol–water partition coefficient (Wildman–Crippen LogP) is 3.75. The van der Waals surface area contributed by atoms with Crippen molar-refractivity contribution >= 4 is 17.4 Å². The van der Waals surface area contributed by atoms with E-state index in [2.05, 4.69) is 0 Å². The van der Waals surface area contributed by atoms with Gasteiger partial charge in [-0.05, 0) is 36.4 Å². The molecule has 2 aromatic rings. The number of ketones is 1. The molecule has 0 saturated heterocycles. The van der Waals surface area contributed by atoms with E-state index in [9.17, 15) is 9.18 Å². The first-order chi connectivity index (χ1) is 9.60. The first kappa shape index (κ1) is 14.3. The molecular formula is C15H12ClFO3. The first-order valence-corrected chi connectivity index (χ1v) is 6.23. The number of carbonyl (C=O) groups is 1. The molecule has 104 valence electrons. The molecule has 0 N–H and O–H groups in total. The number of carbonyl (C=O) groups excluding carboxylic acids is 1. The van der Waals surface area contributed by atoms with Gasteiger partial charge < -0.3 is 9.47 Å². The molecule has 0 aliphatic heterocycles. The van der Waals surface area contributed by atoms with Crippen molar-refractivity contribution in [3.63, 3.8) is 0 Å². The maximum Gasteiger partial charge on any atom is 0.204 e. The van der Waals surface area contributed by atoms with Gasteiger partial charge in [-0.25, -0.2) is 4.39 Å². The van der Waals surface area contributed by atoms with Gasteiger partial charge in [-0.15, -0.1) is 0 Å². The van der Waals surface area contributed by atoms with Crippen LogP contribution in [0.15, 0.2) is 42.5 Å². The number of ether oxygens (including phenoxy) is 2. The van der Waals surface area contributed by atoms with Crippen molar-refractivity contribution in [1.82, 2.24) is 0 Å². The molecule has 0 heterocycles. The standard InChI is InChI=1S/C15H12ClFO3/c1-19-15-6-5-11(17)8-13(15)14(18)9-20-12-4-2-3-10(16)7-12/h2-8H,9H2,1H3. The van der Waals surface area contributed by atoms with E-state index in [-0.39, 0.29) is 18.0 Å². The number of Topliss-reactive ketones (excluding diaryl/α,β-unsaturated/α-hetero) is 1. The zero-order valence-corrected chi connectivity index (χ0v) is 11.5. The topological polar surface area (TPSA) is 35.5 Å². The highest BCUT2D eigenvalue weighted by molar-refractivity contribution is 6.30. The van der Waals surface area contributed by atoms with Crippen LogP contribution in [0.3, 0.4) is 0 Å². The second-order valence-electron chi connectivity index (χ2n) is 4.01. The number of methoxy groups -OCH3 is 1. The Bertz CT molecular complexity index is 628. The molecule has 3 nitrogen and oxygen atoms in total. The Morgan fingerprint density at radius 2 is 2.05 bits per heavy atom. The van der Waals surface area contributed by atoms with Crippen molar-refractivity contribution in [1.29, 1.82) is 0 Å². The molecule has 2 aromatic carbocycles. The summed E-state index contributed by atoms with van der Waals surface area (Å²) in [4.78, 5) is 12.0. The van der Waals surface area contributed by atoms with Crippen LogP contribution < -0.4 is 9.47 Å². The van der Waals surface area contributed by atoms with Crippen molar-refractivity contribution in [3.05, 3.63) is 58.9 Å². The monoisotopic (exact) mass is 294 g/mol. The molecule has 0 bridgehead atoms. The molecular weight excluding hydrogens is 283 g/mol. The van der Waals surface area contributed by atoms with Crippen molar-refractivity contribution < 1.29 is 18.7 Å². The Morgan fingerprint density at radius 3 is 2.75 bits per heavy atom. The zero-order valence-electron chi connectivity index (χ0n) is 10.7. The Kier molecular flexibility index (Phi) is 4.58. The number of rotatable bonds is 5. The average molecular weight is 295 g/mol. The van der Waals surface area contributed by atoms with E-state index in [0.717, 1.165) is 6.07 Å². The first-order valence-electron chi connectivity index (χ1n) is 5.85.